The summed E-state index contributed by atoms with van der Waals surface area (Å²) >= 11 is 0. The summed E-state index contributed by atoms with van der Waals surface area (Å²) in [5.74, 6) is -2.23. The largest absolute Gasteiger partial charge is 0.550 e. The Hall–Kier alpha value is -1.53. The summed E-state index contributed by atoms with van der Waals surface area (Å²) in [5, 5.41) is 21.4. The first-order valence-corrected chi connectivity index (χ1v) is 5.69. The third-order valence-electron chi connectivity index (χ3n) is 2.89. The second-order valence-corrected chi connectivity index (χ2v) is 4.25. The predicted molar refractivity (Wildman–Crippen MR) is 65.6 cm³/mol. The van der Waals surface area contributed by atoms with Gasteiger partial charge in [0, 0.05) is 24.3 Å². The topological polar surface area (TPSA) is 123 Å². The van der Waals surface area contributed by atoms with Crippen LogP contribution in [0.4, 0.5) is 0 Å². The standard InChI is InChI=1S/C12H18N2O3.H3N/c1-3-4-5-9(11(15)16)12(2,17)10-8-13-6-7-14-10;/h6-9,17H,3-5H2,1-2H3,(H,15,16);1H3. The summed E-state index contributed by atoms with van der Waals surface area (Å²) in [6.07, 6.45) is 6.22. The number of quaternary nitrogens is 1. The van der Waals surface area contributed by atoms with Gasteiger partial charge in [-0.25, -0.2) is 0 Å². The number of nitrogens with zero attached hydrogens (tertiary/aromatic N) is 2. The molecule has 1 aromatic heterocycles. The third kappa shape index (κ3) is 3.75. The molecule has 0 aliphatic carbocycles. The van der Waals surface area contributed by atoms with Crippen molar-refractivity contribution in [2.75, 3.05) is 0 Å². The first-order valence-electron chi connectivity index (χ1n) is 5.69. The maximum Gasteiger partial charge on any atom is 0.113 e. The summed E-state index contributed by atoms with van der Waals surface area (Å²) in [7, 11) is 0. The second kappa shape index (κ2) is 7.03. The number of carbonyl (C=O) groups is 1. The highest BCUT2D eigenvalue weighted by atomic mass is 16.4. The molecule has 0 saturated carbocycles. The van der Waals surface area contributed by atoms with Crippen LogP contribution in [0.15, 0.2) is 18.6 Å². The smallest absolute Gasteiger partial charge is 0.113 e. The van der Waals surface area contributed by atoms with Crippen molar-refractivity contribution < 1.29 is 15.0 Å². The van der Waals surface area contributed by atoms with E-state index in [1.165, 1.54) is 25.5 Å². The number of aromatic nitrogens is 2. The lowest BCUT2D eigenvalue weighted by Crippen LogP contribution is -2.44. The minimum atomic E-state index is -1.55. The highest BCUT2D eigenvalue weighted by molar-refractivity contribution is 5.69. The predicted octanol–water partition coefficient (Wildman–Crippen LogP) is 0.617. The lowest BCUT2D eigenvalue weighted by Gasteiger charge is -2.32. The molecule has 102 valence electrons. The van der Waals surface area contributed by atoms with Crippen molar-refractivity contribution in [2.24, 2.45) is 5.92 Å². The van der Waals surface area contributed by atoms with Gasteiger partial charge >= 0.3 is 0 Å². The van der Waals surface area contributed by atoms with Crippen LogP contribution in [0.2, 0.25) is 0 Å². The Kier molecular flexibility index (Phi) is 6.43. The molecule has 6 heteroatoms. The number of hydrogen-bond donors (Lipinski definition) is 2. The lowest BCUT2D eigenvalue weighted by atomic mass is 9.83. The molecular formula is C12H21N3O3. The van der Waals surface area contributed by atoms with Crippen molar-refractivity contribution in [3.05, 3.63) is 24.3 Å². The Balaban J connectivity index is 0.00000289. The van der Waals surface area contributed by atoms with E-state index in [9.17, 15) is 15.0 Å². The van der Waals surface area contributed by atoms with Gasteiger partial charge in [0.1, 0.15) is 5.60 Å². The molecule has 5 N–H and O–H groups in total. The van der Waals surface area contributed by atoms with Gasteiger partial charge < -0.3 is 21.2 Å². The molecule has 0 radical (unpaired) electrons. The number of aliphatic carboxylic acids is 1. The second-order valence-electron chi connectivity index (χ2n) is 4.25. The third-order valence-corrected chi connectivity index (χ3v) is 2.89. The van der Waals surface area contributed by atoms with Crippen LogP contribution < -0.4 is 11.3 Å². The molecule has 18 heavy (non-hydrogen) atoms. The van der Waals surface area contributed by atoms with Crippen LogP contribution in [-0.2, 0) is 10.4 Å². The zero-order chi connectivity index (χ0) is 12.9. The highest BCUT2D eigenvalue weighted by Gasteiger charge is 2.35. The normalized spacial score (nSPS) is 15.3. The van der Waals surface area contributed by atoms with E-state index in [1.54, 1.807) is 0 Å². The Morgan fingerprint density at radius 1 is 1.56 bits per heavy atom. The van der Waals surface area contributed by atoms with E-state index in [-0.39, 0.29) is 11.8 Å². The van der Waals surface area contributed by atoms with Crippen LogP contribution in [-0.4, -0.2) is 21.0 Å². The maximum atomic E-state index is 11.1. The van der Waals surface area contributed by atoms with Crippen LogP contribution in [0.1, 0.15) is 38.8 Å². The summed E-state index contributed by atoms with van der Waals surface area (Å²) in [6.45, 7) is 3.40. The first-order chi connectivity index (χ1) is 8.00. The molecule has 0 aromatic carbocycles. The molecule has 1 aromatic rings. The van der Waals surface area contributed by atoms with E-state index >= 15 is 0 Å². The van der Waals surface area contributed by atoms with Crippen LogP contribution in [0, 0.1) is 5.92 Å². The van der Waals surface area contributed by atoms with Crippen LogP contribution >= 0.6 is 0 Å². The summed E-state index contributed by atoms with van der Waals surface area (Å²) < 4.78 is 0. The molecule has 2 unspecified atom stereocenters. The van der Waals surface area contributed by atoms with Gasteiger partial charge in [0.2, 0.25) is 0 Å². The fraction of sp³-hybridized carbons (Fsp3) is 0.583. The molecule has 0 bridgehead atoms. The summed E-state index contributed by atoms with van der Waals surface area (Å²) in [6, 6.07) is 0. The van der Waals surface area contributed by atoms with E-state index in [4.69, 9.17) is 0 Å². The average molecular weight is 255 g/mol. The van der Waals surface area contributed by atoms with E-state index in [0.29, 0.717) is 6.42 Å². The van der Waals surface area contributed by atoms with Crippen molar-refractivity contribution in [1.29, 1.82) is 0 Å². The zero-order valence-electron chi connectivity index (χ0n) is 11.1. The van der Waals surface area contributed by atoms with E-state index < -0.39 is 17.5 Å². The van der Waals surface area contributed by atoms with Gasteiger partial charge in [-0.05, 0) is 13.3 Å². The van der Waals surface area contributed by atoms with Crippen LogP contribution in [0.25, 0.3) is 0 Å². The molecule has 0 aliphatic heterocycles. The molecule has 1 rings (SSSR count). The number of rotatable bonds is 6. The molecule has 1 heterocycles. The molecule has 0 fully saturated rings. The first kappa shape index (κ1) is 16.5. The minimum absolute atomic E-state index is 0. The fourth-order valence-corrected chi connectivity index (χ4v) is 1.78. The molecule has 0 amide bonds. The van der Waals surface area contributed by atoms with Gasteiger partial charge in [-0.15, -0.1) is 0 Å². The number of aliphatic hydroxyl groups is 1. The Labute approximate surface area is 107 Å². The van der Waals surface area contributed by atoms with Crippen molar-refractivity contribution >= 4 is 5.97 Å². The SMILES string of the molecule is CCCCC(C(=O)[O-])C(C)(O)c1cnccn1.[NH4+]. The summed E-state index contributed by atoms with van der Waals surface area (Å²) in [4.78, 5) is 18.9. The zero-order valence-corrected chi connectivity index (χ0v) is 11.1. The highest BCUT2D eigenvalue weighted by Crippen LogP contribution is 2.30. The van der Waals surface area contributed by atoms with Crippen molar-refractivity contribution in [2.45, 2.75) is 38.7 Å². The molecule has 0 spiro atoms. The lowest BCUT2D eigenvalue weighted by molar-refractivity contribution is -0.318. The molecule has 6 nitrogen and oxygen atoms in total. The van der Waals surface area contributed by atoms with Gasteiger partial charge in [-0.3, -0.25) is 9.97 Å². The van der Waals surface area contributed by atoms with E-state index in [0.717, 1.165) is 12.8 Å². The molecule has 0 aliphatic rings. The van der Waals surface area contributed by atoms with Crippen LogP contribution in [0.5, 0.6) is 0 Å². The van der Waals surface area contributed by atoms with Gasteiger partial charge in [0.25, 0.3) is 0 Å². The quantitative estimate of drug-likeness (QED) is 0.771. The summed E-state index contributed by atoms with van der Waals surface area (Å²) in [5.41, 5.74) is -1.30. The van der Waals surface area contributed by atoms with Gasteiger partial charge in [-0.1, -0.05) is 19.8 Å². The van der Waals surface area contributed by atoms with Gasteiger partial charge in [0.05, 0.1) is 11.9 Å². The van der Waals surface area contributed by atoms with Gasteiger partial charge in [-0.2, -0.15) is 0 Å². The van der Waals surface area contributed by atoms with E-state index in [1.807, 2.05) is 6.92 Å². The average Bonchev–Trinajstić information content (AvgIpc) is 2.30. The van der Waals surface area contributed by atoms with Crippen molar-refractivity contribution in [3.8, 4) is 0 Å². The van der Waals surface area contributed by atoms with Crippen LogP contribution in [0.3, 0.4) is 0 Å². The number of hydrogen-bond acceptors (Lipinski definition) is 5. The molecule has 2 atom stereocenters. The van der Waals surface area contributed by atoms with E-state index in [2.05, 4.69) is 9.97 Å². The Morgan fingerprint density at radius 2 is 2.22 bits per heavy atom. The van der Waals surface area contributed by atoms with Crippen molar-refractivity contribution in [1.82, 2.24) is 16.1 Å². The minimum Gasteiger partial charge on any atom is -0.550 e. The Morgan fingerprint density at radius 3 is 2.67 bits per heavy atom. The monoisotopic (exact) mass is 255 g/mol. The number of carbonyl (C=O) groups excluding carboxylic acids is 1. The fourth-order valence-electron chi connectivity index (χ4n) is 1.78. The molecular weight excluding hydrogens is 234 g/mol. The Bertz CT molecular complexity index is 368. The molecule has 0 saturated heterocycles. The van der Waals surface area contributed by atoms with Gasteiger partial charge in [0.15, 0.2) is 0 Å². The number of carboxylic acid groups (broad SMARTS) is 1. The van der Waals surface area contributed by atoms with Crippen molar-refractivity contribution in [3.63, 3.8) is 0 Å². The maximum absolute atomic E-state index is 11.1. The number of unbranched alkanes of at least 4 members (excludes halogenated alkanes) is 1. The number of carboxylic acids is 1.